The lowest BCUT2D eigenvalue weighted by Gasteiger charge is -2.23. The zero-order valence-corrected chi connectivity index (χ0v) is 12.0. The van der Waals surface area contributed by atoms with Crippen molar-refractivity contribution in [1.82, 2.24) is 8.61 Å². The molecule has 0 radical (unpaired) electrons. The molecule has 0 saturated carbocycles. The van der Waals surface area contributed by atoms with Crippen LogP contribution in [0.4, 0.5) is 0 Å². The summed E-state index contributed by atoms with van der Waals surface area (Å²) in [6, 6.07) is 9.40. The highest BCUT2D eigenvalue weighted by atomic mass is 32.2. The highest BCUT2D eigenvalue weighted by molar-refractivity contribution is 7.86. The minimum absolute atomic E-state index is 0.355. The second-order valence-corrected chi connectivity index (χ2v) is 6.63. The second-order valence-electron chi connectivity index (χ2n) is 4.60. The second kappa shape index (κ2) is 6.36. The summed E-state index contributed by atoms with van der Waals surface area (Å²) in [7, 11) is -1.71. The summed E-state index contributed by atoms with van der Waals surface area (Å²) in [5.41, 5.74) is 0. The maximum atomic E-state index is 12.2. The van der Waals surface area contributed by atoms with Crippen LogP contribution in [-0.4, -0.2) is 50.3 Å². The zero-order chi connectivity index (χ0) is 13.7. The molecule has 2 rings (SSSR count). The summed E-state index contributed by atoms with van der Waals surface area (Å²) >= 11 is 0. The first-order valence-electron chi connectivity index (χ1n) is 6.50. The van der Waals surface area contributed by atoms with Crippen molar-refractivity contribution >= 4 is 10.2 Å². The van der Waals surface area contributed by atoms with Crippen LogP contribution < -0.4 is 4.74 Å². The van der Waals surface area contributed by atoms with Crippen LogP contribution >= 0.6 is 0 Å². The van der Waals surface area contributed by atoms with Crippen LogP contribution in [0, 0.1) is 0 Å². The molecule has 0 spiro atoms. The summed E-state index contributed by atoms with van der Waals surface area (Å²) in [6.45, 7) is 1.97. The maximum absolute atomic E-state index is 12.2. The standard InChI is InChI=1S/C13H20N2O3S/c1-14(19(16,17)15-9-5-6-10-15)11-12-18-13-7-3-2-4-8-13/h2-4,7-8H,5-6,9-12H2,1H3. The molecule has 1 aromatic rings. The Balaban J connectivity index is 1.82. The van der Waals surface area contributed by atoms with Gasteiger partial charge in [-0.1, -0.05) is 18.2 Å². The summed E-state index contributed by atoms with van der Waals surface area (Å²) in [5.74, 6) is 0.759. The Hall–Kier alpha value is -1.11. The van der Waals surface area contributed by atoms with Crippen LogP contribution in [0.3, 0.4) is 0 Å². The van der Waals surface area contributed by atoms with Gasteiger partial charge in [0.25, 0.3) is 10.2 Å². The molecule has 1 aliphatic heterocycles. The monoisotopic (exact) mass is 284 g/mol. The molecular formula is C13H20N2O3S. The van der Waals surface area contributed by atoms with Crippen molar-refractivity contribution in [3.8, 4) is 5.75 Å². The third kappa shape index (κ3) is 3.68. The van der Waals surface area contributed by atoms with E-state index in [2.05, 4.69) is 0 Å². The minimum atomic E-state index is -3.31. The number of likely N-dealkylation sites (N-methyl/N-ethyl adjacent to an activating group) is 1. The minimum Gasteiger partial charge on any atom is -0.492 e. The fourth-order valence-electron chi connectivity index (χ4n) is 2.04. The fourth-order valence-corrected chi connectivity index (χ4v) is 3.46. The van der Waals surface area contributed by atoms with Gasteiger partial charge in [0.15, 0.2) is 0 Å². The highest BCUT2D eigenvalue weighted by Gasteiger charge is 2.28. The first-order valence-corrected chi connectivity index (χ1v) is 7.89. The lowest BCUT2D eigenvalue weighted by Crippen LogP contribution is -2.41. The third-order valence-electron chi connectivity index (χ3n) is 3.20. The average Bonchev–Trinajstić information content (AvgIpc) is 2.94. The van der Waals surface area contributed by atoms with E-state index in [1.54, 1.807) is 7.05 Å². The number of hydrogen-bond acceptors (Lipinski definition) is 3. The highest BCUT2D eigenvalue weighted by Crippen LogP contribution is 2.15. The molecule has 19 heavy (non-hydrogen) atoms. The van der Waals surface area contributed by atoms with E-state index in [1.807, 2.05) is 30.3 Å². The first-order chi connectivity index (χ1) is 9.10. The van der Waals surface area contributed by atoms with Crippen molar-refractivity contribution in [2.75, 3.05) is 33.3 Å². The average molecular weight is 284 g/mol. The molecule has 0 bridgehead atoms. The number of nitrogens with zero attached hydrogens (tertiary/aromatic N) is 2. The van der Waals surface area contributed by atoms with Gasteiger partial charge in [0, 0.05) is 26.7 Å². The van der Waals surface area contributed by atoms with Gasteiger partial charge in [0.05, 0.1) is 0 Å². The van der Waals surface area contributed by atoms with Gasteiger partial charge in [-0.05, 0) is 25.0 Å². The number of ether oxygens (including phenoxy) is 1. The normalized spacial score (nSPS) is 16.9. The first kappa shape index (κ1) is 14.3. The van der Waals surface area contributed by atoms with Gasteiger partial charge in [0.1, 0.15) is 12.4 Å². The van der Waals surface area contributed by atoms with Gasteiger partial charge in [-0.25, -0.2) is 0 Å². The van der Waals surface area contributed by atoms with Gasteiger partial charge in [0.2, 0.25) is 0 Å². The Kier molecular flexibility index (Phi) is 4.79. The summed E-state index contributed by atoms with van der Waals surface area (Å²) in [6.07, 6.45) is 1.90. The molecule has 1 aromatic carbocycles. The molecule has 1 fully saturated rings. The van der Waals surface area contributed by atoms with Gasteiger partial charge in [-0.15, -0.1) is 0 Å². The Morgan fingerprint density at radius 2 is 1.84 bits per heavy atom. The van der Waals surface area contributed by atoms with E-state index in [4.69, 9.17) is 4.74 Å². The molecule has 1 aliphatic rings. The van der Waals surface area contributed by atoms with Gasteiger partial charge >= 0.3 is 0 Å². The molecule has 0 amide bonds. The summed E-state index contributed by atoms with van der Waals surface area (Å²) in [5, 5.41) is 0. The van der Waals surface area contributed by atoms with E-state index in [1.165, 1.54) is 8.61 Å². The molecule has 5 nitrogen and oxygen atoms in total. The Morgan fingerprint density at radius 1 is 1.21 bits per heavy atom. The van der Waals surface area contributed by atoms with E-state index < -0.39 is 10.2 Å². The molecule has 6 heteroatoms. The Bertz CT molecular complexity index is 484. The quantitative estimate of drug-likeness (QED) is 0.792. The van der Waals surface area contributed by atoms with E-state index in [0.717, 1.165) is 18.6 Å². The van der Waals surface area contributed by atoms with E-state index in [9.17, 15) is 8.42 Å². The molecule has 0 aromatic heterocycles. The third-order valence-corrected chi connectivity index (χ3v) is 5.19. The number of rotatable bonds is 6. The smallest absolute Gasteiger partial charge is 0.281 e. The predicted octanol–water partition coefficient (Wildman–Crippen LogP) is 1.34. The van der Waals surface area contributed by atoms with Gasteiger partial charge in [-0.2, -0.15) is 17.0 Å². The van der Waals surface area contributed by atoms with Crippen LogP contribution in [-0.2, 0) is 10.2 Å². The topological polar surface area (TPSA) is 49.9 Å². The van der Waals surface area contributed by atoms with Crippen molar-refractivity contribution in [3.63, 3.8) is 0 Å². The van der Waals surface area contributed by atoms with Crippen molar-refractivity contribution in [2.24, 2.45) is 0 Å². The van der Waals surface area contributed by atoms with Crippen LogP contribution in [0.1, 0.15) is 12.8 Å². The maximum Gasteiger partial charge on any atom is 0.281 e. The van der Waals surface area contributed by atoms with Crippen molar-refractivity contribution < 1.29 is 13.2 Å². The number of para-hydroxylation sites is 1. The van der Waals surface area contributed by atoms with Crippen LogP contribution in [0.25, 0.3) is 0 Å². The number of hydrogen-bond donors (Lipinski definition) is 0. The van der Waals surface area contributed by atoms with Crippen molar-refractivity contribution in [1.29, 1.82) is 0 Å². The molecule has 0 unspecified atom stereocenters. The molecule has 1 saturated heterocycles. The molecule has 0 atom stereocenters. The molecule has 106 valence electrons. The molecule has 0 N–H and O–H groups in total. The van der Waals surface area contributed by atoms with Crippen molar-refractivity contribution in [3.05, 3.63) is 30.3 Å². The van der Waals surface area contributed by atoms with Crippen LogP contribution in [0.15, 0.2) is 30.3 Å². The number of benzene rings is 1. The summed E-state index contributed by atoms with van der Waals surface area (Å²) < 4.78 is 32.8. The largest absolute Gasteiger partial charge is 0.492 e. The van der Waals surface area contributed by atoms with Gasteiger partial charge in [-0.3, -0.25) is 0 Å². The van der Waals surface area contributed by atoms with E-state index >= 15 is 0 Å². The molecule has 1 heterocycles. The fraction of sp³-hybridized carbons (Fsp3) is 0.538. The van der Waals surface area contributed by atoms with Crippen LogP contribution in [0.2, 0.25) is 0 Å². The van der Waals surface area contributed by atoms with Crippen molar-refractivity contribution in [2.45, 2.75) is 12.8 Å². The Labute approximate surface area is 115 Å². The van der Waals surface area contributed by atoms with Gasteiger partial charge < -0.3 is 4.74 Å². The molecular weight excluding hydrogens is 264 g/mol. The Morgan fingerprint density at radius 3 is 2.47 bits per heavy atom. The lowest BCUT2D eigenvalue weighted by molar-refractivity contribution is 0.279. The zero-order valence-electron chi connectivity index (χ0n) is 11.2. The predicted molar refractivity (Wildman–Crippen MR) is 74.3 cm³/mol. The van der Waals surface area contributed by atoms with E-state index in [0.29, 0.717) is 26.2 Å². The lowest BCUT2D eigenvalue weighted by atomic mass is 10.3. The molecule has 0 aliphatic carbocycles. The summed E-state index contributed by atoms with van der Waals surface area (Å²) in [4.78, 5) is 0. The van der Waals surface area contributed by atoms with Crippen LogP contribution in [0.5, 0.6) is 5.75 Å². The van der Waals surface area contributed by atoms with E-state index in [-0.39, 0.29) is 0 Å². The SMILES string of the molecule is CN(CCOc1ccccc1)S(=O)(=O)N1CCCC1.